The molecule has 0 fully saturated rings. The van der Waals surface area contributed by atoms with Gasteiger partial charge in [0.15, 0.2) is 0 Å². The second kappa shape index (κ2) is 5.76. The Balaban J connectivity index is 2.05. The summed E-state index contributed by atoms with van der Waals surface area (Å²) >= 11 is 5.91. The molecule has 0 spiro atoms. The molecule has 1 amide bonds. The van der Waals surface area contributed by atoms with Crippen LogP contribution in [0.3, 0.4) is 0 Å². The van der Waals surface area contributed by atoms with E-state index in [1.54, 1.807) is 36.4 Å². The lowest BCUT2D eigenvalue weighted by atomic mass is 10.1. The van der Waals surface area contributed by atoms with Gasteiger partial charge in [0, 0.05) is 22.7 Å². The summed E-state index contributed by atoms with van der Waals surface area (Å²) in [5.74, 6) is -0.0156. The van der Waals surface area contributed by atoms with Gasteiger partial charge in [0.05, 0.1) is 0 Å². The third-order valence-corrected chi connectivity index (χ3v) is 3.28. The molecule has 2 aromatic carbocycles. The molecule has 2 aromatic rings. The molecule has 98 valence electrons. The highest BCUT2D eigenvalue weighted by molar-refractivity contribution is 6.31. The predicted octanol–water partition coefficient (Wildman–Crippen LogP) is 3.28. The minimum Gasteiger partial charge on any atom is -0.508 e. The lowest BCUT2D eigenvalue weighted by Gasteiger charge is -2.08. The van der Waals surface area contributed by atoms with E-state index in [1.165, 1.54) is 0 Å². The first-order valence-corrected chi connectivity index (χ1v) is 6.27. The highest BCUT2D eigenvalue weighted by Crippen LogP contribution is 2.17. The Morgan fingerprint density at radius 2 is 2.00 bits per heavy atom. The van der Waals surface area contributed by atoms with Crippen molar-refractivity contribution in [3.63, 3.8) is 0 Å². The summed E-state index contributed by atoms with van der Waals surface area (Å²) in [5.41, 5.74) is 2.09. The lowest BCUT2D eigenvalue weighted by Crippen LogP contribution is -2.22. The largest absolute Gasteiger partial charge is 0.508 e. The van der Waals surface area contributed by atoms with Crippen LogP contribution in [0.15, 0.2) is 42.5 Å². The van der Waals surface area contributed by atoms with Crippen molar-refractivity contribution in [1.82, 2.24) is 5.32 Å². The molecule has 0 saturated heterocycles. The molecule has 4 heteroatoms. The van der Waals surface area contributed by atoms with Crippen LogP contribution in [0.2, 0.25) is 5.02 Å². The number of benzene rings is 2. The van der Waals surface area contributed by atoms with Crippen LogP contribution in [0.1, 0.15) is 21.5 Å². The molecule has 0 radical (unpaired) electrons. The second-order valence-electron chi connectivity index (χ2n) is 4.28. The quantitative estimate of drug-likeness (QED) is 0.903. The van der Waals surface area contributed by atoms with E-state index < -0.39 is 0 Å². The summed E-state index contributed by atoms with van der Waals surface area (Å²) in [5, 5.41) is 13.0. The van der Waals surface area contributed by atoms with Gasteiger partial charge in [0.25, 0.3) is 5.91 Å². The third kappa shape index (κ3) is 3.26. The summed E-state index contributed by atoms with van der Waals surface area (Å²) in [6.45, 7) is 2.13. The van der Waals surface area contributed by atoms with Crippen molar-refractivity contribution in [1.29, 1.82) is 0 Å². The number of phenolic OH excluding ortho intramolecular Hbond substituents is 1. The Bertz CT molecular complexity index is 611. The maximum Gasteiger partial charge on any atom is 0.251 e. The Morgan fingerprint density at radius 1 is 1.26 bits per heavy atom. The number of rotatable bonds is 3. The molecule has 0 bridgehead atoms. The first-order chi connectivity index (χ1) is 9.08. The third-order valence-electron chi connectivity index (χ3n) is 2.85. The number of aromatic hydroxyl groups is 1. The van der Waals surface area contributed by atoms with Gasteiger partial charge < -0.3 is 10.4 Å². The van der Waals surface area contributed by atoms with Gasteiger partial charge in [-0.3, -0.25) is 4.79 Å². The van der Waals surface area contributed by atoms with Gasteiger partial charge in [-0.25, -0.2) is 0 Å². The maximum atomic E-state index is 12.0. The standard InChI is InChI=1S/C15H14ClNO2/c1-10-8-11(6-7-13(10)16)15(19)17-9-12-4-2-3-5-14(12)18/h2-8,18H,9H2,1H3,(H,17,19). The fourth-order valence-corrected chi connectivity index (χ4v) is 1.84. The Morgan fingerprint density at radius 3 is 2.68 bits per heavy atom. The molecule has 0 aliphatic heterocycles. The second-order valence-corrected chi connectivity index (χ2v) is 4.68. The van der Waals surface area contributed by atoms with E-state index in [0.717, 1.165) is 5.56 Å². The Hall–Kier alpha value is -2.00. The first-order valence-electron chi connectivity index (χ1n) is 5.89. The zero-order valence-corrected chi connectivity index (χ0v) is 11.2. The lowest BCUT2D eigenvalue weighted by molar-refractivity contribution is 0.0950. The van der Waals surface area contributed by atoms with Crippen LogP contribution in [0.5, 0.6) is 5.75 Å². The number of amides is 1. The fraction of sp³-hybridized carbons (Fsp3) is 0.133. The molecule has 0 atom stereocenters. The van der Waals surface area contributed by atoms with Gasteiger partial charge in [0.1, 0.15) is 5.75 Å². The molecule has 2 N–H and O–H groups in total. The van der Waals surface area contributed by atoms with Gasteiger partial charge in [-0.1, -0.05) is 29.8 Å². The molecule has 0 aromatic heterocycles. The van der Waals surface area contributed by atoms with Crippen LogP contribution < -0.4 is 5.32 Å². The molecular weight excluding hydrogens is 262 g/mol. The molecule has 0 aliphatic carbocycles. The number of phenols is 1. The van der Waals surface area contributed by atoms with Crippen molar-refractivity contribution in [2.45, 2.75) is 13.5 Å². The Labute approximate surface area is 116 Å². The monoisotopic (exact) mass is 275 g/mol. The molecular formula is C15H14ClNO2. The van der Waals surface area contributed by atoms with Gasteiger partial charge in [-0.2, -0.15) is 0 Å². The average Bonchev–Trinajstić information content (AvgIpc) is 2.40. The van der Waals surface area contributed by atoms with Crippen molar-refractivity contribution in [2.24, 2.45) is 0 Å². The maximum absolute atomic E-state index is 12.0. The van der Waals surface area contributed by atoms with E-state index in [1.807, 2.05) is 13.0 Å². The van der Waals surface area contributed by atoms with Crippen molar-refractivity contribution < 1.29 is 9.90 Å². The highest BCUT2D eigenvalue weighted by atomic mass is 35.5. The van der Waals surface area contributed by atoms with Gasteiger partial charge >= 0.3 is 0 Å². The normalized spacial score (nSPS) is 10.2. The van der Waals surface area contributed by atoms with Crippen LogP contribution in [-0.2, 0) is 6.54 Å². The van der Waals surface area contributed by atoms with Crippen molar-refractivity contribution in [3.05, 3.63) is 64.2 Å². The average molecular weight is 276 g/mol. The fourth-order valence-electron chi connectivity index (χ4n) is 1.72. The van der Waals surface area contributed by atoms with Crippen LogP contribution in [-0.4, -0.2) is 11.0 Å². The van der Waals surface area contributed by atoms with Crippen LogP contribution in [0.25, 0.3) is 0 Å². The molecule has 2 rings (SSSR count). The van der Waals surface area contributed by atoms with E-state index >= 15 is 0 Å². The molecule has 0 unspecified atom stereocenters. The number of hydrogen-bond acceptors (Lipinski definition) is 2. The smallest absolute Gasteiger partial charge is 0.251 e. The molecule has 19 heavy (non-hydrogen) atoms. The Kier molecular flexibility index (Phi) is 4.07. The van der Waals surface area contributed by atoms with Crippen molar-refractivity contribution >= 4 is 17.5 Å². The molecule has 0 heterocycles. The summed E-state index contributed by atoms with van der Waals surface area (Å²) in [6.07, 6.45) is 0. The summed E-state index contributed by atoms with van der Waals surface area (Å²) < 4.78 is 0. The number of carbonyl (C=O) groups excluding carboxylic acids is 1. The molecule has 0 aliphatic rings. The number of carbonyl (C=O) groups is 1. The van der Waals surface area contributed by atoms with Crippen LogP contribution >= 0.6 is 11.6 Å². The number of hydrogen-bond donors (Lipinski definition) is 2. The SMILES string of the molecule is Cc1cc(C(=O)NCc2ccccc2O)ccc1Cl. The van der Waals surface area contributed by atoms with E-state index in [9.17, 15) is 9.90 Å². The number of nitrogens with one attached hydrogen (secondary N) is 1. The van der Waals surface area contributed by atoms with Crippen molar-refractivity contribution in [2.75, 3.05) is 0 Å². The number of para-hydroxylation sites is 1. The van der Waals surface area contributed by atoms with E-state index in [2.05, 4.69) is 5.32 Å². The summed E-state index contributed by atoms with van der Waals surface area (Å²) in [7, 11) is 0. The minimum atomic E-state index is -0.192. The van der Waals surface area contributed by atoms with Gasteiger partial charge in [-0.15, -0.1) is 0 Å². The zero-order valence-electron chi connectivity index (χ0n) is 10.5. The van der Waals surface area contributed by atoms with Gasteiger partial charge in [0.2, 0.25) is 0 Å². The number of halogens is 1. The van der Waals surface area contributed by atoms with E-state index in [4.69, 9.17) is 11.6 Å². The van der Waals surface area contributed by atoms with Crippen LogP contribution in [0.4, 0.5) is 0 Å². The van der Waals surface area contributed by atoms with E-state index in [-0.39, 0.29) is 18.2 Å². The van der Waals surface area contributed by atoms with E-state index in [0.29, 0.717) is 16.1 Å². The molecule has 3 nitrogen and oxygen atoms in total. The van der Waals surface area contributed by atoms with Crippen LogP contribution in [0, 0.1) is 6.92 Å². The zero-order chi connectivity index (χ0) is 13.8. The highest BCUT2D eigenvalue weighted by Gasteiger charge is 2.08. The minimum absolute atomic E-state index is 0.176. The predicted molar refractivity (Wildman–Crippen MR) is 75.5 cm³/mol. The molecule has 0 saturated carbocycles. The summed E-state index contributed by atoms with van der Waals surface area (Å²) in [4.78, 5) is 12.0. The van der Waals surface area contributed by atoms with Crippen molar-refractivity contribution in [3.8, 4) is 5.75 Å². The summed E-state index contributed by atoms with van der Waals surface area (Å²) in [6, 6.07) is 12.0. The topological polar surface area (TPSA) is 49.3 Å². The first kappa shape index (κ1) is 13.4. The number of aryl methyl sites for hydroxylation is 1. The van der Waals surface area contributed by atoms with Gasteiger partial charge in [-0.05, 0) is 36.8 Å².